The Kier molecular flexibility index (Phi) is 1.32. The van der Waals surface area contributed by atoms with Crippen molar-refractivity contribution in [3.8, 4) is 0 Å². The highest BCUT2D eigenvalue weighted by Gasteiger charge is 2.41. The minimum atomic E-state index is 0.728. The molecule has 1 fully saturated rings. The molecule has 1 aliphatic heterocycles. The monoisotopic (exact) mass is 197 g/mol. The molecule has 1 aromatic heterocycles. The number of nitrogens with zero attached hydrogens (tertiary/aromatic N) is 2. The molecule has 0 saturated carbocycles. The highest BCUT2D eigenvalue weighted by Crippen LogP contribution is 2.49. The Balaban J connectivity index is 2.00. The van der Waals surface area contributed by atoms with Crippen molar-refractivity contribution in [1.82, 2.24) is 15.3 Å². The molecule has 15 heavy (non-hydrogen) atoms. The van der Waals surface area contributed by atoms with Gasteiger partial charge in [0.05, 0.1) is 11.0 Å². The summed E-state index contributed by atoms with van der Waals surface area (Å²) in [5, 5.41) is 3.44. The third-order valence-corrected chi connectivity index (χ3v) is 3.69. The zero-order valence-corrected chi connectivity index (χ0v) is 8.27. The van der Waals surface area contributed by atoms with Gasteiger partial charge < -0.3 is 5.32 Å². The van der Waals surface area contributed by atoms with Crippen LogP contribution in [0.3, 0.4) is 0 Å². The van der Waals surface area contributed by atoms with Crippen molar-refractivity contribution in [2.24, 2.45) is 0 Å². The Labute approximate surface area is 87.6 Å². The second-order valence-corrected chi connectivity index (χ2v) is 4.40. The van der Waals surface area contributed by atoms with Crippen LogP contribution < -0.4 is 5.32 Å². The zero-order chi connectivity index (χ0) is 9.83. The van der Waals surface area contributed by atoms with E-state index in [1.807, 2.05) is 0 Å². The number of aromatic nitrogens is 2. The van der Waals surface area contributed by atoms with Gasteiger partial charge in [-0.2, -0.15) is 0 Å². The lowest BCUT2D eigenvalue weighted by atomic mass is 9.70. The zero-order valence-electron chi connectivity index (χ0n) is 8.27. The van der Waals surface area contributed by atoms with E-state index in [4.69, 9.17) is 0 Å². The molecular weight excluding hydrogens is 186 g/mol. The number of nitrogens with one attached hydrogen (secondary N) is 1. The third-order valence-electron chi connectivity index (χ3n) is 3.69. The highest BCUT2D eigenvalue weighted by atomic mass is 14.9. The van der Waals surface area contributed by atoms with Crippen molar-refractivity contribution in [2.75, 3.05) is 13.1 Å². The summed E-state index contributed by atoms with van der Waals surface area (Å²) in [6, 6.07) is 4.43. The predicted octanol–water partition coefficient (Wildman–Crippen LogP) is 1.41. The van der Waals surface area contributed by atoms with E-state index in [2.05, 4.69) is 27.4 Å². The van der Waals surface area contributed by atoms with Crippen LogP contribution in [0.15, 0.2) is 24.5 Å². The molecule has 0 spiro atoms. The van der Waals surface area contributed by atoms with Gasteiger partial charge >= 0.3 is 0 Å². The standard InChI is InChI=1S/C12H11N3/c1-2-15-12-4-8-7(3-11(12)14-1)9-5-13-6-10(8)9/h1-4,9-10,13H,5-6H2/t9-,10+. The summed E-state index contributed by atoms with van der Waals surface area (Å²) in [5.74, 6) is 1.46. The highest BCUT2D eigenvalue weighted by molar-refractivity contribution is 5.78. The summed E-state index contributed by atoms with van der Waals surface area (Å²) in [6.45, 7) is 2.26. The van der Waals surface area contributed by atoms with Gasteiger partial charge in [0.25, 0.3) is 0 Å². The molecule has 1 N–H and O–H groups in total. The van der Waals surface area contributed by atoms with Crippen LogP contribution in [0.4, 0.5) is 0 Å². The molecule has 1 aliphatic carbocycles. The van der Waals surface area contributed by atoms with Gasteiger partial charge in [-0.05, 0) is 23.3 Å². The van der Waals surface area contributed by atoms with Crippen molar-refractivity contribution in [1.29, 1.82) is 0 Å². The lowest BCUT2D eigenvalue weighted by Gasteiger charge is -2.33. The van der Waals surface area contributed by atoms with Crippen LogP contribution in [-0.4, -0.2) is 23.1 Å². The van der Waals surface area contributed by atoms with E-state index in [0.717, 1.165) is 36.0 Å². The lowest BCUT2D eigenvalue weighted by molar-refractivity contribution is 0.581. The van der Waals surface area contributed by atoms with E-state index < -0.39 is 0 Å². The molecule has 4 rings (SSSR count). The minimum Gasteiger partial charge on any atom is -0.315 e. The average Bonchev–Trinajstić information content (AvgIpc) is 2.70. The van der Waals surface area contributed by atoms with Crippen LogP contribution in [0, 0.1) is 0 Å². The molecule has 0 unspecified atom stereocenters. The summed E-state index contributed by atoms with van der Waals surface area (Å²) in [6.07, 6.45) is 3.52. The number of hydrogen-bond acceptors (Lipinski definition) is 3. The van der Waals surface area contributed by atoms with Gasteiger partial charge in [0.1, 0.15) is 0 Å². The largest absolute Gasteiger partial charge is 0.315 e. The maximum Gasteiger partial charge on any atom is 0.0889 e. The first-order chi connectivity index (χ1) is 7.43. The Hall–Kier alpha value is -1.48. The molecule has 3 nitrogen and oxygen atoms in total. The number of benzene rings is 1. The SMILES string of the molecule is c1cnc2cc3c(cc2n1)[C@H]1CNC[C@@H]31. The summed E-state index contributed by atoms with van der Waals surface area (Å²) < 4.78 is 0. The molecule has 2 aromatic rings. The van der Waals surface area contributed by atoms with Gasteiger partial charge in [0.2, 0.25) is 0 Å². The minimum absolute atomic E-state index is 0.728. The van der Waals surface area contributed by atoms with Crippen molar-refractivity contribution >= 4 is 11.0 Å². The fraction of sp³-hybridized carbons (Fsp3) is 0.333. The van der Waals surface area contributed by atoms with E-state index in [1.165, 1.54) is 11.1 Å². The van der Waals surface area contributed by atoms with Gasteiger partial charge in [0, 0.05) is 37.3 Å². The normalized spacial score (nSPS) is 27.2. The Morgan fingerprint density at radius 1 is 0.933 bits per heavy atom. The number of hydrogen-bond donors (Lipinski definition) is 1. The molecule has 1 aromatic carbocycles. The smallest absolute Gasteiger partial charge is 0.0889 e. The van der Waals surface area contributed by atoms with Gasteiger partial charge in [0.15, 0.2) is 0 Å². The second kappa shape index (κ2) is 2.55. The quantitative estimate of drug-likeness (QED) is 0.694. The van der Waals surface area contributed by atoms with Crippen molar-refractivity contribution in [3.05, 3.63) is 35.7 Å². The van der Waals surface area contributed by atoms with Crippen molar-refractivity contribution in [3.63, 3.8) is 0 Å². The van der Waals surface area contributed by atoms with Crippen molar-refractivity contribution in [2.45, 2.75) is 11.8 Å². The van der Waals surface area contributed by atoms with E-state index in [-0.39, 0.29) is 0 Å². The van der Waals surface area contributed by atoms with Crippen LogP contribution in [0.25, 0.3) is 11.0 Å². The van der Waals surface area contributed by atoms with Gasteiger partial charge in [-0.25, -0.2) is 0 Å². The van der Waals surface area contributed by atoms with Gasteiger partial charge in [-0.15, -0.1) is 0 Å². The second-order valence-electron chi connectivity index (χ2n) is 4.40. The fourth-order valence-electron chi connectivity index (χ4n) is 2.92. The third kappa shape index (κ3) is 0.887. The summed E-state index contributed by atoms with van der Waals surface area (Å²) in [4.78, 5) is 8.70. The van der Waals surface area contributed by atoms with Gasteiger partial charge in [-0.1, -0.05) is 0 Å². The van der Waals surface area contributed by atoms with Crippen LogP contribution in [0.1, 0.15) is 23.0 Å². The first-order valence-electron chi connectivity index (χ1n) is 5.39. The summed E-state index contributed by atoms with van der Waals surface area (Å²) >= 11 is 0. The molecule has 0 bridgehead atoms. The number of fused-ring (bicyclic) bond motifs is 5. The maximum absolute atomic E-state index is 4.35. The Morgan fingerprint density at radius 2 is 1.47 bits per heavy atom. The summed E-state index contributed by atoms with van der Waals surface area (Å²) in [7, 11) is 0. The summed E-state index contributed by atoms with van der Waals surface area (Å²) in [5.41, 5.74) is 5.03. The molecule has 1 saturated heterocycles. The first kappa shape index (κ1) is 7.77. The molecule has 2 atom stereocenters. The van der Waals surface area contributed by atoms with Gasteiger partial charge in [-0.3, -0.25) is 9.97 Å². The molecule has 3 heteroatoms. The van der Waals surface area contributed by atoms with E-state index in [0.29, 0.717) is 0 Å². The van der Waals surface area contributed by atoms with E-state index >= 15 is 0 Å². The average molecular weight is 197 g/mol. The van der Waals surface area contributed by atoms with Crippen LogP contribution in [0.5, 0.6) is 0 Å². The van der Waals surface area contributed by atoms with Crippen molar-refractivity contribution < 1.29 is 0 Å². The fourth-order valence-corrected chi connectivity index (χ4v) is 2.92. The molecule has 0 radical (unpaired) electrons. The van der Waals surface area contributed by atoms with Crippen LogP contribution >= 0.6 is 0 Å². The lowest BCUT2D eigenvalue weighted by Crippen LogP contribution is -2.22. The predicted molar refractivity (Wildman–Crippen MR) is 57.9 cm³/mol. The first-order valence-corrected chi connectivity index (χ1v) is 5.39. The molecule has 2 aliphatic rings. The molecule has 74 valence electrons. The van der Waals surface area contributed by atoms with E-state index in [1.54, 1.807) is 12.4 Å². The topological polar surface area (TPSA) is 37.8 Å². The van der Waals surface area contributed by atoms with Crippen LogP contribution in [-0.2, 0) is 0 Å². The number of rotatable bonds is 0. The Morgan fingerprint density at radius 3 is 2.00 bits per heavy atom. The molecule has 2 heterocycles. The Bertz CT molecular complexity index is 501. The van der Waals surface area contributed by atoms with Crippen LogP contribution in [0.2, 0.25) is 0 Å². The van der Waals surface area contributed by atoms with E-state index in [9.17, 15) is 0 Å². The molecular formula is C12H11N3. The maximum atomic E-state index is 4.35. The molecule has 0 amide bonds.